The molecule has 7 heteroatoms. The highest BCUT2D eigenvalue weighted by atomic mass is 16.5. The molecule has 0 aliphatic heterocycles. The van der Waals surface area contributed by atoms with Crippen molar-refractivity contribution in [1.29, 1.82) is 0 Å². The number of aliphatic imine (C=N–C) groups is 1. The van der Waals surface area contributed by atoms with Crippen molar-refractivity contribution < 1.29 is 4.74 Å². The second-order valence-corrected chi connectivity index (χ2v) is 5.70. The van der Waals surface area contributed by atoms with E-state index in [2.05, 4.69) is 46.5 Å². The molecule has 0 fully saturated rings. The number of aromatic nitrogens is 3. The average molecular weight is 282 g/mol. The lowest BCUT2D eigenvalue weighted by Gasteiger charge is -2.30. The number of ether oxygens (including phenoxy) is 1. The number of nitrogens with one attached hydrogen (secondary N) is 2. The van der Waals surface area contributed by atoms with Gasteiger partial charge in [0, 0.05) is 27.7 Å². The molecule has 1 heterocycles. The molecule has 0 saturated carbocycles. The normalized spacial score (nSPS) is 14.2. The van der Waals surface area contributed by atoms with Gasteiger partial charge in [-0.3, -0.25) is 9.67 Å². The first-order valence-corrected chi connectivity index (χ1v) is 6.68. The van der Waals surface area contributed by atoms with E-state index in [1.54, 1.807) is 18.8 Å². The lowest BCUT2D eigenvalue weighted by molar-refractivity contribution is 0.0205. The lowest BCUT2D eigenvalue weighted by atomic mass is 9.89. The number of aryl methyl sites for hydroxylation is 1. The summed E-state index contributed by atoms with van der Waals surface area (Å²) in [4.78, 5) is 8.34. The topological polar surface area (TPSA) is 76.4 Å². The van der Waals surface area contributed by atoms with Gasteiger partial charge in [0.15, 0.2) is 5.96 Å². The van der Waals surface area contributed by atoms with Gasteiger partial charge in [-0.25, -0.2) is 4.98 Å². The van der Waals surface area contributed by atoms with Gasteiger partial charge in [0.1, 0.15) is 12.2 Å². The van der Waals surface area contributed by atoms with Crippen LogP contribution in [0.25, 0.3) is 0 Å². The molecule has 7 nitrogen and oxygen atoms in total. The molecule has 1 aromatic rings. The summed E-state index contributed by atoms with van der Waals surface area (Å²) in [5, 5.41) is 10.5. The minimum absolute atomic E-state index is 0.0736. The molecular formula is C13H26N6O. The summed E-state index contributed by atoms with van der Waals surface area (Å²) in [6.07, 6.45) is 1.64. The molecule has 1 atom stereocenters. The van der Waals surface area contributed by atoms with E-state index in [4.69, 9.17) is 4.74 Å². The average Bonchev–Trinajstić information content (AvgIpc) is 2.78. The molecule has 0 spiro atoms. The van der Waals surface area contributed by atoms with Crippen LogP contribution in [0.2, 0.25) is 0 Å². The minimum atomic E-state index is 0.0736. The van der Waals surface area contributed by atoms with Gasteiger partial charge in [0.2, 0.25) is 0 Å². The molecule has 0 aliphatic carbocycles. The third-order valence-electron chi connectivity index (χ3n) is 3.15. The van der Waals surface area contributed by atoms with Gasteiger partial charge in [-0.2, -0.15) is 5.10 Å². The highest BCUT2D eigenvalue weighted by molar-refractivity contribution is 5.79. The number of guanidine groups is 1. The molecular weight excluding hydrogens is 256 g/mol. The molecule has 114 valence electrons. The number of hydrogen-bond donors (Lipinski definition) is 2. The number of hydrogen-bond acceptors (Lipinski definition) is 4. The molecule has 0 bridgehead atoms. The molecule has 1 unspecified atom stereocenters. The van der Waals surface area contributed by atoms with Gasteiger partial charge in [-0.1, -0.05) is 20.8 Å². The number of rotatable bonds is 5. The summed E-state index contributed by atoms with van der Waals surface area (Å²) in [6, 6.07) is 0. The first-order valence-electron chi connectivity index (χ1n) is 6.68. The first kappa shape index (κ1) is 16.4. The summed E-state index contributed by atoms with van der Waals surface area (Å²) in [5.41, 5.74) is 0.0736. The van der Waals surface area contributed by atoms with Crippen LogP contribution in [-0.2, 0) is 18.3 Å². The zero-order valence-electron chi connectivity index (χ0n) is 13.3. The number of nitrogens with zero attached hydrogens (tertiary/aromatic N) is 4. The Morgan fingerprint density at radius 3 is 2.60 bits per heavy atom. The highest BCUT2D eigenvalue weighted by Crippen LogP contribution is 2.20. The molecule has 0 aromatic carbocycles. The van der Waals surface area contributed by atoms with Crippen LogP contribution < -0.4 is 10.6 Å². The van der Waals surface area contributed by atoms with Crippen LogP contribution in [0.5, 0.6) is 0 Å². The second-order valence-electron chi connectivity index (χ2n) is 5.70. The highest BCUT2D eigenvalue weighted by Gasteiger charge is 2.24. The van der Waals surface area contributed by atoms with E-state index in [-0.39, 0.29) is 11.5 Å². The Kier molecular flexibility index (Phi) is 5.94. The van der Waals surface area contributed by atoms with E-state index in [1.807, 2.05) is 7.05 Å². The van der Waals surface area contributed by atoms with Crippen LogP contribution in [-0.4, -0.2) is 47.5 Å². The van der Waals surface area contributed by atoms with E-state index in [9.17, 15) is 0 Å². The van der Waals surface area contributed by atoms with Gasteiger partial charge in [0.05, 0.1) is 12.6 Å². The monoisotopic (exact) mass is 282 g/mol. The fraction of sp³-hybridized carbons (Fsp3) is 0.769. The fourth-order valence-corrected chi connectivity index (χ4v) is 1.80. The molecule has 0 amide bonds. The Balaban J connectivity index is 2.46. The second kappa shape index (κ2) is 7.23. The SMILES string of the molecule is CN=C(NCc1ncnn1C)NCC(OC)C(C)(C)C. The smallest absolute Gasteiger partial charge is 0.191 e. The van der Waals surface area contributed by atoms with Gasteiger partial charge in [-0.15, -0.1) is 0 Å². The standard InChI is InChI=1S/C13H26N6O/c1-13(2,3)10(20-6)7-15-12(14-4)16-8-11-17-9-18-19(11)5/h9-10H,7-8H2,1-6H3,(H2,14,15,16). The Bertz CT molecular complexity index is 434. The van der Waals surface area contributed by atoms with E-state index >= 15 is 0 Å². The van der Waals surface area contributed by atoms with Crippen molar-refractivity contribution in [2.45, 2.75) is 33.4 Å². The molecule has 20 heavy (non-hydrogen) atoms. The van der Waals surface area contributed by atoms with E-state index < -0.39 is 0 Å². The summed E-state index contributed by atoms with van der Waals surface area (Å²) >= 11 is 0. The van der Waals surface area contributed by atoms with Crippen molar-refractivity contribution in [3.05, 3.63) is 12.2 Å². The van der Waals surface area contributed by atoms with Crippen molar-refractivity contribution in [1.82, 2.24) is 25.4 Å². The van der Waals surface area contributed by atoms with Gasteiger partial charge >= 0.3 is 0 Å². The number of methoxy groups -OCH3 is 1. The van der Waals surface area contributed by atoms with Crippen molar-refractivity contribution in [2.75, 3.05) is 20.7 Å². The van der Waals surface area contributed by atoms with Crippen LogP contribution in [0.3, 0.4) is 0 Å². The van der Waals surface area contributed by atoms with Gasteiger partial charge < -0.3 is 15.4 Å². The van der Waals surface area contributed by atoms with E-state index in [1.165, 1.54) is 6.33 Å². The summed E-state index contributed by atoms with van der Waals surface area (Å²) in [5.74, 6) is 1.58. The van der Waals surface area contributed by atoms with Crippen molar-refractivity contribution in [2.24, 2.45) is 17.5 Å². The lowest BCUT2D eigenvalue weighted by Crippen LogP contribution is -2.45. The minimum Gasteiger partial charge on any atom is -0.379 e. The molecule has 0 radical (unpaired) electrons. The Hall–Kier alpha value is -1.63. The third kappa shape index (κ3) is 4.80. The van der Waals surface area contributed by atoms with Crippen LogP contribution in [0.15, 0.2) is 11.3 Å². The van der Waals surface area contributed by atoms with Crippen LogP contribution in [0.4, 0.5) is 0 Å². The molecule has 2 N–H and O–H groups in total. The van der Waals surface area contributed by atoms with E-state index in [0.717, 1.165) is 11.8 Å². The predicted octanol–water partition coefficient (Wildman–Crippen LogP) is 0.541. The molecule has 1 aromatic heterocycles. The predicted molar refractivity (Wildman–Crippen MR) is 79.5 cm³/mol. The summed E-state index contributed by atoms with van der Waals surface area (Å²) < 4.78 is 7.24. The molecule has 0 saturated heterocycles. The van der Waals surface area contributed by atoms with Crippen molar-refractivity contribution in [3.63, 3.8) is 0 Å². The summed E-state index contributed by atoms with van der Waals surface area (Å²) in [7, 11) is 5.33. The van der Waals surface area contributed by atoms with Crippen molar-refractivity contribution in [3.8, 4) is 0 Å². The molecule has 0 aliphatic rings. The molecule has 1 rings (SSSR count). The van der Waals surface area contributed by atoms with Crippen LogP contribution >= 0.6 is 0 Å². The fourth-order valence-electron chi connectivity index (χ4n) is 1.80. The Morgan fingerprint density at radius 1 is 1.45 bits per heavy atom. The maximum atomic E-state index is 5.51. The maximum Gasteiger partial charge on any atom is 0.191 e. The zero-order valence-corrected chi connectivity index (χ0v) is 13.3. The van der Waals surface area contributed by atoms with Crippen molar-refractivity contribution >= 4 is 5.96 Å². The van der Waals surface area contributed by atoms with Gasteiger partial charge in [-0.05, 0) is 5.41 Å². The van der Waals surface area contributed by atoms with Crippen LogP contribution in [0.1, 0.15) is 26.6 Å². The Labute approximate surface area is 120 Å². The maximum absolute atomic E-state index is 5.51. The first-order chi connectivity index (χ1) is 9.38. The third-order valence-corrected chi connectivity index (χ3v) is 3.15. The van der Waals surface area contributed by atoms with E-state index in [0.29, 0.717) is 13.1 Å². The van der Waals surface area contributed by atoms with Crippen LogP contribution in [0, 0.1) is 5.41 Å². The Morgan fingerprint density at radius 2 is 2.15 bits per heavy atom. The summed E-state index contributed by atoms with van der Waals surface area (Å²) in [6.45, 7) is 7.72. The van der Waals surface area contributed by atoms with Gasteiger partial charge in [0.25, 0.3) is 0 Å². The largest absolute Gasteiger partial charge is 0.379 e. The quantitative estimate of drug-likeness (QED) is 0.609. The zero-order chi connectivity index (χ0) is 15.2.